The predicted octanol–water partition coefficient (Wildman–Crippen LogP) is 3.79. The third-order valence-corrected chi connectivity index (χ3v) is 4.45. The number of carbonyl (C=O) groups excluding carboxylic acids is 2. The molecule has 0 spiro atoms. The Morgan fingerprint density at radius 3 is 2.68 bits per heavy atom. The number of ether oxygens (including phenoxy) is 2. The molecular weight excluding hydrogens is 450 g/mol. The number of benzene rings is 2. The molecule has 0 aromatic heterocycles. The smallest absolute Gasteiger partial charge is 0.319 e. The lowest BCUT2D eigenvalue weighted by Crippen LogP contribution is -2.35. The zero-order valence-electron chi connectivity index (χ0n) is 14.7. The Bertz CT molecular complexity index is 986. The molecule has 0 saturated carbocycles. The van der Waals surface area contributed by atoms with Crippen molar-refractivity contribution in [3.63, 3.8) is 0 Å². The SMILES string of the molecule is COc1cc(/C=C(\C#N)C(=O)NC(N)=O)cc(Br)c1OCc1ccccc1Cl. The zero-order chi connectivity index (χ0) is 20.7. The molecule has 0 radical (unpaired) electrons. The van der Waals surface area contributed by atoms with Crippen LogP contribution in [-0.4, -0.2) is 19.0 Å². The predicted molar refractivity (Wildman–Crippen MR) is 108 cm³/mol. The van der Waals surface area contributed by atoms with Crippen molar-refractivity contribution in [1.29, 1.82) is 5.26 Å². The third kappa shape index (κ3) is 5.49. The fourth-order valence-corrected chi connectivity index (χ4v) is 2.99. The second-order valence-corrected chi connectivity index (χ2v) is 6.66. The molecular formula is C19H15BrClN3O4. The van der Waals surface area contributed by atoms with Crippen LogP contribution in [0.2, 0.25) is 5.02 Å². The minimum Gasteiger partial charge on any atom is -0.493 e. The van der Waals surface area contributed by atoms with Crippen LogP contribution in [0.4, 0.5) is 4.79 Å². The lowest BCUT2D eigenvalue weighted by Gasteiger charge is -2.14. The Hall–Kier alpha value is -3.02. The molecule has 2 aromatic carbocycles. The van der Waals surface area contributed by atoms with Gasteiger partial charge in [-0.1, -0.05) is 29.8 Å². The van der Waals surface area contributed by atoms with E-state index in [2.05, 4.69) is 15.9 Å². The molecule has 0 aliphatic heterocycles. The molecule has 0 heterocycles. The Morgan fingerprint density at radius 2 is 2.07 bits per heavy atom. The molecule has 28 heavy (non-hydrogen) atoms. The van der Waals surface area contributed by atoms with Crippen LogP contribution in [0, 0.1) is 11.3 Å². The number of nitrogens with one attached hydrogen (secondary N) is 1. The third-order valence-electron chi connectivity index (χ3n) is 3.49. The Balaban J connectivity index is 2.31. The minimum atomic E-state index is -1.05. The van der Waals surface area contributed by atoms with E-state index in [0.29, 0.717) is 26.6 Å². The van der Waals surface area contributed by atoms with Gasteiger partial charge in [0.05, 0.1) is 11.6 Å². The van der Waals surface area contributed by atoms with Gasteiger partial charge in [0.1, 0.15) is 18.2 Å². The largest absolute Gasteiger partial charge is 0.493 e. The summed E-state index contributed by atoms with van der Waals surface area (Å²) < 4.78 is 11.7. The van der Waals surface area contributed by atoms with E-state index in [9.17, 15) is 9.59 Å². The summed E-state index contributed by atoms with van der Waals surface area (Å²) in [6, 6.07) is 11.2. The van der Waals surface area contributed by atoms with Gasteiger partial charge in [0, 0.05) is 10.6 Å². The number of amides is 3. The molecule has 9 heteroatoms. The number of carbonyl (C=O) groups is 2. The summed E-state index contributed by atoms with van der Waals surface area (Å²) >= 11 is 9.53. The molecule has 0 fully saturated rings. The molecule has 2 aromatic rings. The molecule has 2 rings (SSSR count). The van der Waals surface area contributed by atoms with Gasteiger partial charge in [-0.25, -0.2) is 4.79 Å². The maximum atomic E-state index is 11.8. The van der Waals surface area contributed by atoms with Crippen molar-refractivity contribution < 1.29 is 19.1 Å². The summed E-state index contributed by atoms with van der Waals surface area (Å²) in [5, 5.41) is 11.6. The number of hydrogen-bond acceptors (Lipinski definition) is 5. The number of methoxy groups -OCH3 is 1. The van der Waals surface area contributed by atoms with E-state index < -0.39 is 11.9 Å². The van der Waals surface area contributed by atoms with Crippen molar-refractivity contribution in [3.05, 3.63) is 62.6 Å². The van der Waals surface area contributed by atoms with Gasteiger partial charge in [0.25, 0.3) is 5.91 Å². The van der Waals surface area contributed by atoms with E-state index in [4.69, 9.17) is 32.1 Å². The maximum absolute atomic E-state index is 11.8. The Morgan fingerprint density at radius 1 is 1.36 bits per heavy atom. The first-order chi connectivity index (χ1) is 13.3. The highest BCUT2D eigenvalue weighted by molar-refractivity contribution is 9.10. The first kappa shape index (κ1) is 21.3. The van der Waals surface area contributed by atoms with Crippen LogP contribution in [0.1, 0.15) is 11.1 Å². The van der Waals surface area contributed by atoms with Gasteiger partial charge in [-0.3, -0.25) is 10.1 Å². The molecule has 3 amide bonds. The normalized spacial score (nSPS) is 10.7. The topological polar surface area (TPSA) is 114 Å². The lowest BCUT2D eigenvalue weighted by molar-refractivity contribution is -0.115. The molecule has 144 valence electrons. The van der Waals surface area contributed by atoms with Crippen molar-refractivity contribution in [2.45, 2.75) is 6.61 Å². The van der Waals surface area contributed by atoms with Crippen LogP contribution in [0.3, 0.4) is 0 Å². The minimum absolute atomic E-state index is 0.217. The number of hydrogen-bond donors (Lipinski definition) is 2. The zero-order valence-corrected chi connectivity index (χ0v) is 17.0. The summed E-state index contributed by atoms with van der Waals surface area (Å²) in [5.41, 5.74) is 5.89. The number of nitrogens with zero attached hydrogens (tertiary/aromatic N) is 1. The van der Waals surface area contributed by atoms with Gasteiger partial charge < -0.3 is 15.2 Å². The van der Waals surface area contributed by atoms with Crippen molar-refractivity contribution in [3.8, 4) is 17.6 Å². The van der Waals surface area contributed by atoms with Crippen LogP contribution >= 0.6 is 27.5 Å². The van der Waals surface area contributed by atoms with E-state index >= 15 is 0 Å². The molecule has 3 N–H and O–H groups in total. The fraction of sp³-hybridized carbons (Fsp3) is 0.105. The number of rotatable bonds is 6. The van der Waals surface area contributed by atoms with E-state index in [-0.39, 0.29) is 12.2 Å². The summed E-state index contributed by atoms with van der Waals surface area (Å²) in [6.45, 7) is 0.217. The second kappa shape index (κ2) is 9.78. The molecule has 0 atom stereocenters. The van der Waals surface area contributed by atoms with E-state index in [0.717, 1.165) is 5.56 Å². The van der Waals surface area contributed by atoms with E-state index in [1.54, 1.807) is 24.3 Å². The molecule has 0 aliphatic rings. The fourth-order valence-electron chi connectivity index (χ4n) is 2.22. The average Bonchev–Trinajstić information content (AvgIpc) is 2.65. The van der Waals surface area contributed by atoms with Gasteiger partial charge in [0.2, 0.25) is 0 Å². The van der Waals surface area contributed by atoms with Gasteiger partial charge in [0.15, 0.2) is 11.5 Å². The number of nitriles is 1. The molecule has 7 nitrogen and oxygen atoms in total. The lowest BCUT2D eigenvalue weighted by atomic mass is 10.1. The van der Waals surface area contributed by atoms with Crippen LogP contribution in [0.5, 0.6) is 11.5 Å². The van der Waals surface area contributed by atoms with Crippen LogP contribution in [0.25, 0.3) is 6.08 Å². The van der Waals surface area contributed by atoms with Gasteiger partial charge >= 0.3 is 6.03 Å². The van der Waals surface area contributed by atoms with Crippen molar-refractivity contribution in [1.82, 2.24) is 5.32 Å². The standard InChI is InChI=1S/C19H15BrClN3O4/c1-27-16-8-11(6-13(9-22)18(25)24-19(23)26)7-14(20)17(16)28-10-12-4-2-3-5-15(12)21/h2-8H,10H2,1H3,(H3,23,24,25,26)/b13-6+. The number of halogens is 2. The number of nitrogens with two attached hydrogens (primary N) is 1. The average molecular weight is 465 g/mol. The van der Waals surface area contributed by atoms with E-state index in [1.807, 2.05) is 23.5 Å². The number of urea groups is 1. The summed E-state index contributed by atoms with van der Waals surface area (Å²) in [4.78, 5) is 22.6. The molecule has 0 unspecified atom stereocenters. The first-order valence-electron chi connectivity index (χ1n) is 7.82. The van der Waals surface area contributed by atoms with Crippen LogP contribution < -0.4 is 20.5 Å². The monoisotopic (exact) mass is 463 g/mol. The number of primary amides is 1. The quantitative estimate of drug-likeness (QED) is 0.498. The molecule has 0 aliphatic carbocycles. The Labute approximate surface area is 174 Å². The second-order valence-electron chi connectivity index (χ2n) is 5.40. The van der Waals surface area contributed by atoms with Gasteiger partial charge in [-0.15, -0.1) is 0 Å². The highest BCUT2D eigenvalue weighted by Gasteiger charge is 2.15. The first-order valence-corrected chi connectivity index (χ1v) is 8.99. The Kier molecular flexibility index (Phi) is 7.44. The molecule has 0 saturated heterocycles. The summed E-state index contributed by atoms with van der Waals surface area (Å²) in [6.07, 6.45) is 1.30. The summed E-state index contributed by atoms with van der Waals surface area (Å²) in [5.74, 6) is -0.0934. The number of imide groups is 1. The van der Waals surface area contributed by atoms with Gasteiger partial charge in [-0.05, 0) is 45.8 Å². The highest BCUT2D eigenvalue weighted by Crippen LogP contribution is 2.38. The van der Waals surface area contributed by atoms with Gasteiger partial charge in [-0.2, -0.15) is 5.26 Å². The van der Waals surface area contributed by atoms with Crippen LogP contribution in [-0.2, 0) is 11.4 Å². The summed E-state index contributed by atoms with van der Waals surface area (Å²) in [7, 11) is 1.46. The van der Waals surface area contributed by atoms with Crippen molar-refractivity contribution >= 4 is 45.5 Å². The van der Waals surface area contributed by atoms with E-state index in [1.165, 1.54) is 13.2 Å². The van der Waals surface area contributed by atoms with Crippen molar-refractivity contribution in [2.24, 2.45) is 5.73 Å². The van der Waals surface area contributed by atoms with Crippen molar-refractivity contribution in [2.75, 3.05) is 7.11 Å². The highest BCUT2D eigenvalue weighted by atomic mass is 79.9. The van der Waals surface area contributed by atoms with Crippen LogP contribution in [0.15, 0.2) is 46.4 Å². The molecule has 0 bridgehead atoms. The maximum Gasteiger partial charge on any atom is 0.319 e.